The predicted molar refractivity (Wildman–Crippen MR) is 86.2 cm³/mol. The summed E-state index contributed by atoms with van der Waals surface area (Å²) in [7, 11) is 0. The summed E-state index contributed by atoms with van der Waals surface area (Å²) in [6, 6.07) is 2.51. The van der Waals surface area contributed by atoms with Crippen LogP contribution in [0.3, 0.4) is 0 Å². The summed E-state index contributed by atoms with van der Waals surface area (Å²) in [4.78, 5) is 24.3. The van der Waals surface area contributed by atoms with Crippen LogP contribution in [-0.2, 0) is 9.59 Å². The monoisotopic (exact) mass is 309 g/mol. The predicted octanol–water partition coefficient (Wildman–Crippen LogP) is 3.76. The van der Waals surface area contributed by atoms with Crippen LogP contribution in [0, 0.1) is 39.9 Å². The van der Waals surface area contributed by atoms with Crippen molar-refractivity contribution < 1.29 is 9.59 Å². The third kappa shape index (κ3) is 1.81. The minimum absolute atomic E-state index is 0.0705. The second-order valence-corrected chi connectivity index (χ2v) is 8.28. The van der Waals surface area contributed by atoms with Crippen molar-refractivity contribution in [1.82, 2.24) is 0 Å². The number of rotatable bonds is 0. The molecule has 0 aliphatic heterocycles. The fraction of sp³-hybridized carbons (Fsp3) is 0.650. The Morgan fingerprint density at radius 1 is 1.26 bits per heavy atom. The van der Waals surface area contributed by atoms with Gasteiger partial charge in [0.15, 0.2) is 5.78 Å². The van der Waals surface area contributed by atoms with Gasteiger partial charge in [0.25, 0.3) is 0 Å². The SMILES string of the molecule is CC12CCC(=O)C=C1C[C@@H](C#N)C1C2=CCC2(C)C(=O)CCC12. The van der Waals surface area contributed by atoms with Crippen molar-refractivity contribution in [2.45, 2.75) is 52.4 Å². The number of nitriles is 1. The summed E-state index contributed by atoms with van der Waals surface area (Å²) in [5, 5.41) is 9.77. The van der Waals surface area contributed by atoms with Gasteiger partial charge in [0.05, 0.1) is 12.0 Å². The lowest BCUT2D eigenvalue weighted by molar-refractivity contribution is -0.127. The van der Waals surface area contributed by atoms with E-state index in [4.69, 9.17) is 0 Å². The van der Waals surface area contributed by atoms with E-state index in [2.05, 4.69) is 26.0 Å². The molecule has 0 amide bonds. The molecule has 0 radical (unpaired) electrons. The maximum absolute atomic E-state index is 12.4. The molecule has 0 bridgehead atoms. The molecule has 4 aliphatic rings. The smallest absolute Gasteiger partial charge is 0.155 e. The van der Waals surface area contributed by atoms with Gasteiger partial charge in [-0.3, -0.25) is 9.59 Å². The molecule has 0 aromatic carbocycles. The van der Waals surface area contributed by atoms with E-state index in [1.807, 2.05) is 0 Å². The fourth-order valence-electron chi connectivity index (χ4n) is 5.77. The van der Waals surface area contributed by atoms with E-state index in [-0.39, 0.29) is 28.4 Å². The largest absolute Gasteiger partial charge is 0.299 e. The van der Waals surface area contributed by atoms with Crippen LogP contribution in [0.5, 0.6) is 0 Å². The molecule has 120 valence electrons. The first-order chi connectivity index (χ1) is 10.9. The Morgan fingerprint density at radius 3 is 2.78 bits per heavy atom. The van der Waals surface area contributed by atoms with Gasteiger partial charge >= 0.3 is 0 Å². The van der Waals surface area contributed by atoms with Crippen LogP contribution in [0.4, 0.5) is 0 Å². The molecule has 5 atom stereocenters. The Labute approximate surface area is 137 Å². The zero-order valence-corrected chi connectivity index (χ0v) is 13.9. The minimum Gasteiger partial charge on any atom is -0.299 e. The van der Waals surface area contributed by atoms with Crippen molar-refractivity contribution in [2.24, 2.45) is 28.6 Å². The molecule has 0 spiro atoms. The number of hydrogen-bond acceptors (Lipinski definition) is 3. The van der Waals surface area contributed by atoms with Gasteiger partial charge in [-0.25, -0.2) is 0 Å². The van der Waals surface area contributed by atoms with E-state index >= 15 is 0 Å². The molecular formula is C20H23NO2. The van der Waals surface area contributed by atoms with E-state index in [0.29, 0.717) is 31.0 Å². The maximum Gasteiger partial charge on any atom is 0.155 e. The zero-order chi connectivity index (χ0) is 16.4. The van der Waals surface area contributed by atoms with E-state index < -0.39 is 0 Å². The van der Waals surface area contributed by atoms with Gasteiger partial charge in [0, 0.05) is 29.6 Å². The van der Waals surface area contributed by atoms with E-state index in [1.54, 1.807) is 6.08 Å². The molecule has 0 heterocycles. The van der Waals surface area contributed by atoms with E-state index in [9.17, 15) is 14.9 Å². The number of Topliss-reactive ketones (excluding diaryl/α,β-unsaturated/α-hetero) is 1. The summed E-state index contributed by atoms with van der Waals surface area (Å²) >= 11 is 0. The molecule has 4 rings (SSSR count). The number of ketones is 2. The molecular weight excluding hydrogens is 286 g/mol. The summed E-state index contributed by atoms with van der Waals surface area (Å²) in [6.45, 7) is 4.35. The summed E-state index contributed by atoms with van der Waals surface area (Å²) in [6.07, 6.45) is 8.60. The average Bonchev–Trinajstić information content (AvgIpc) is 2.83. The number of carbonyl (C=O) groups is 2. The third-order valence-electron chi connectivity index (χ3n) is 7.27. The van der Waals surface area contributed by atoms with Gasteiger partial charge in [0.2, 0.25) is 0 Å². The highest BCUT2D eigenvalue weighted by Gasteiger charge is 2.58. The van der Waals surface area contributed by atoms with Crippen LogP contribution in [0.1, 0.15) is 52.4 Å². The van der Waals surface area contributed by atoms with Crippen molar-refractivity contribution in [3.63, 3.8) is 0 Å². The first kappa shape index (κ1) is 14.9. The average molecular weight is 309 g/mol. The minimum atomic E-state index is -0.272. The van der Waals surface area contributed by atoms with Gasteiger partial charge < -0.3 is 0 Å². The van der Waals surface area contributed by atoms with Gasteiger partial charge in [-0.1, -0.05) is 31.1 Å². The van der Waals surface area contributed by atoms with E-state index in [0.717, 1.165) is 24.8 Å². The van der Waals surface area contributed by atoms with Gasteiger partial charge in [-0.2, -0.15) is 5.26 Å². The Morgan fingerprint density at radius 2 is 2.04 bits per heavy atom. The van der Waals surface area contributed by atoms with Gasteiger partial charge in [-0.05, 0) is 37.7 Å². The molecule has 2 saturated carbocycles. The van der Waals surface area contributed by atoms with Crippen molar-refractivity contribution in [1.29, 1.82) is 5.26 Å². The summed E-state index contributed by atoms with van der Waals surface area (Å²) < 4.78 is 0. The van der Waals surface area contributed by atoms with Crippen LogP contribution in [0.15, 0.2) is 23.3 Å². The second kappa shape index (κ2) is 4.66. The Hall–Kier alpha value is -1.69. The van der Waals surface area contributed by atoms with Gasteiger partial charge in [0.1, 0.15) is 5.78 Å². The van der Waals surface area contributed by atoms with Gasteiger partial charge in [-0.15, -0.1) is 0 Å². The molecule has 2 fully saturated rings. The number of allylic oxidation sites excluding steroid dienone is 4. The highest BCUT2D eigenvalue weighted by Crippen LogP contribution is 2.63. The van der Waals surface area contributed by atoms with Crippen LogP contribution in [0.2, 0.25) is 0 Å². The normalized spacial score (nSPS) is 45.3. The molecule has 3 nitrogen and oxygen atoms in total. The van der Waals surface area contributed by atoms with Crippen molar-refractivity contribution in [2.75, 3.05) is 0 Å². The quantitative estimate of drug-likeness (QED) is 0.640. The lowest BCUT2D eigenvalue weighted by atomic mass is 9.49. The van der Waals surface area contributed by atoms with Crippen LogP contribution in [-0.4, -0.2) is 11.6 Å². The van der Waals surface area contributed by atoms with Crippen molar-refractivity contribution in [3.8, 4) is 6.07 Å². The molecule has 23 heavy (non-hydrogen) atoms. The molecule has 4 unspecified atom stereocenters. The lowest BCUT2D eigenvalue weighted by Crippen LogP contribution is -2.47. The molecule has 3 heteroatoms. The second-order valence-electron chi connectivity index (χ2n) is 8.28. The molecule has 4 aliphatic carbocycles. The highest BCUT2D eigenvalue weighted by molar-refractivity contribution is 5.92. The molecule has 0 aromatic rings. The number of nitrogens with zero attached hydrogens (tertiary/aromatic N) is 1. The highest BCUT2D eigenvalue weighted by atomic mass is 16.1. The third-order valence-corrected chi connectivity index (χ3v) is 7.27. The Balaban J connectivity index is 1.86. The topological polar surface area (TPSA) is 57.9 Å². The summed E-state index contributed by atoms with van der Waals surface area (Å²) in [5.41, 5.74) is 2.16. The molecule has 0 N–H and O–H groups in total. The van der Waals surface area contributed by atoms with Crippen LogP contribution in [0.25, 0.3) is 0 Å². The van der Waals surface area contributed by atoms with Crippen molar-refractivity contribution >= 4 is 11.6 Å². The Kier molecular flexibility index (Phi) is 3.01. The first-order valence-corrected chi connectivity index (χ1v) is 8.77. The Bertz CT molecular complexity index is 710. The van der Waals surface area contributed by atoms with Crippen molar-refractivity contribution in [3.05, 3.63) is 23.3 Å². The van der Waals surface area contributed by atoms with Crippen LogP contribution < -0.4 is 0 Å². The maximum atomic E-state index is 12.4. The lowest BCUT2D eigenvalue weighted by Gasteiger charge is -2.53. The standard InChI is InChI=1S/C20H23NO2/c1-19-7-5-14(22)10-13(19)9-12(11-21)18-15-3-4-17(23)20(15,2)8-6-16(18)19/h6,10,12,15,18H,3-5,7-9H2,1-2H3/t12-,15?,18?,19?,20?/m0/s1. The summed E-state index contributed by atoms with van der Waals surface area (Å²) in [5.74, 6) is 0.975. The number of carbonyl (C=O) groups excluding carboxylic acids is 2. The van der Waals surface area contributed by atoms with Crippen LogP contribution >= 0.6 is 0 Å². The van der Waals surface area contributed by atoms with E-state index in [1.165, 1.54) is 5.57 Å². The number of fused-ring (bicyclic) bond motifs is 5. The molecule has 0 saturated heterocycles. The zero-order valence-electron chi connectivity index (χ0n) is 13.9. The fourth-order valence-corrected chi connectivity index (χ4v) is 5.77. The first-order valence-electron chi connectivity index (χ1n) is 8.77. The molecule has 0 aromatic heterocycles. The number of hydrogen-bond donors (Lipinski definition) is 0.